The van der Waals surface area contributed by atoms with Crippen molar-refractivity contribution in [2.45, 2.75) is 6.10 Å². The van der Waals surface area contributed by atoms with Gasteiger partial charge in [-0.05, 0) is 12.1 Å². The maximum absolute atomic E-state index is 10.4. The number of urea groups is 1. The minimum Gasteiger partial charge on any atom is -0.489 e. The van der Waals surface area contributed by atoms with E-state index in [1.807, 2.05) is 0 Å². The molecule has 5 N–H and O–H groups in total. The maximum atomic E-state index is 10.4. The Bertz CT molecular complexity index is 446. The molecule has 1 aromatic carbocycles. The highest BCUT2D eigenvalue weighted by Gasteiger charge is 2.07. The van der Waals surface area contributed by atoms with Crippen LogP contribution >= 0.6 is 23.2 Å². The highest BCUT2D eigenvalue weighted by Crippen LogP contribution is 2.27. The number of halogens is 2. The highest BCUT2D eigenvalue weighted by atomic mass is 35.5. The molecule has 0 heterocycles. The molecule has 0 aliphatic heterocycles. The molecular formula is C12H17Cl2N3O3. The normalized spacial score (nSPS) is 11.9. The fourth-order valence-corrected chi connectivity index (χ4v) is 1.71. The highest BCUT2D eigenvalue weighted by molar-refractivity contribution is 6.34. The Labute approximate surface area is 127 Å². The van der Waals surface area contributed by atoms with E-state index < -0.39 is 12.1 Å². The van der Waals surface area contributed by atoms with Crippen LogP contribution in [0.5, 0.6) is 5.75 Å². The van der Waals surface area contributed by atoms with Crippen molar-refractivity contribution in [2.75, 3.05) is 26.2 Å². The first kappa shape index (κ1) is 16.8. The Balaban J connectivity index is 2.21. The third kappa shape index (κ3) is 6.81. The van der Waals surface area contributed by atoms with Gasteiger partial charge in [-0.15, -0.1) is 0 Å². The van der Waals surface area contributed by atoms with Crippen LogP contribution in [-0.2, 0) is 0 Å². The molecule has 1 aromatic rings. The van der Waals surface area contributed by atoms with E-state index in [1.54, 1.807) is 18.2 Å². The molecule has 0 saturated carbocycles. The molecule has 0 spiro atoms. The predicted molar refractivity (Wildman–Crippen MR) is 78.4 cm³/mol. The number of nitrogens with two attached hydrogens (primary N) is 1. The van der Waals surface area contributed by atoms with E-state index in [0.717, 1.165) is 0 Å². The summed E-state index contributed by atoms with van der Waals surface area (Å²) in [7, 11) is 0. The molecule has 0 fully saturated rings. The number of rotatable bonds is 8. The molecule has 0 saturated heterocycles. The van der Waals surface area contributed by atoms with Gasteiger partial charge in [-0.2, -0.15) is 0 Å². The smallest absolute Gasteiger partial charge is 0.312 e. The van der Waals surface area contributed by atoms with E-state index in [4.69, 9.17) is 33.7 Å². The van der Waals surface area contributed by atoms with Gasteiger partial charge in [-0.25, -0.2) is 4.79 Å². The van der Waals surface area contributed by atoms with Crippen LogP contribution in [0.1, 0.15) is 0 Å². The molecule has 0 aliphatic rings. The van der Waals surface area contributed by atoms with E-state index in [1.165, 1.54) is 0 Å². The fourth-order valence-electron chi connectivity index (χ4n) is 1.38. The van der Waals surface area contributed by atoms with Gasteiger partial charge in [0.05, 0.1) is 5.02 Å². The van der Waals surface area contributed by atoms with Crippen LogP contribution in [0.3, 0.4) is 0 Å². The van der Waals surface area contributed by atoms with Crippen LogP contribution < -0.4 is 21.1 Å². The molecular weight excluding hydrogens is 305 g/mol. The summed E-state index contributed by atoms with van der Waals surface area (Å²) < 4.78 is 5.38. The number of carbonyl (C=O) groups is 1. The number of nitrogens with one attached hydrogen (secondary N) is 2. The lowest BCUT2D eigenvalue weighted by atomic mass is 10.3. The molecule has 112 valence electrons. The number of hydrogen-bond donors (Lipinski definition) is 4. The van der Waals surface area contributed by atoms with Crippen molar-refractivity contribution in [3.05, 3.63) is 28.2 Å². The number of aliphatic hydroxyl groups is 1. The van der Waals surface area contributed by atoms with Gasteiger partial charge in [0.1, 0.15) is 18.5 Å². The number of benzene rings is 1. The van der Waals surface area contributed by atoms with Gasteiger partial charge in [0.15, 0.2) is 0 Å². The zero-order valence-corrected chi connectivity index (χ0v) is 12.2. The lowest BCUT2D eigenvalue weighted by Gasteiger charge is -2.14. The summed E-state index contributed by atoms with van der Waals surface area (Å²) >= 11 is 11.7. The van der Waals surface area contributed by atoms with Gasteiger partial charge in [0.25, 0.3) is 0 Å². The third-order valence-electron chi connectivity index (χ3n) is 2.31. The molecule has 1 unspecified atom stereocenters. The van der Waals surface area contributed by atoms with Gasteiger partial charge in [-0.3, -0.25) is 0 Å². The number of hydrogen-bond acceptors (Lipinski definition) is 4. The van der Waals surface area contributed by atoms with Crippen molar-refractivity contribution >= 4 is 29.2 Å². The molecule has 0 aliphatic carbocycles. The van der Waals surface area contributed by atoms with Gasteiger partial charge in [0, 0.05) is 30.7 Å². The van der Waals surface area contributed by atoms with Crippen molar-refractivity contribution in [1.29, 1.82) is 0 Å². The quantitative estimate of drug-likeness (QED) is 0.537. The van der Waals surface area contributed by atoms with Gasteiger partial charge in [0.2, 0.25) is 0 Å². The largest absolute Gasteiger partial charge is 0.489 e. The number of amides is 2. The first-order chi connectivity index (χ1) is 9.49. The second-order valence-electron chi connectivity index (χ2n) is 4.03. The lowest BCUT2D eigenvalue weighted by Crippen LogP contribution is -2.38. The van der Waals surface area contributed by atoms with Crippen molar-refractivity contribution in [1.82, 2.24) is 10.6 Å². The van der Waals surface area contributed by atoms with Crippen molar-refractivity contribution in [3.8, 4) is 5.75 Å². The lowest BCUT2D eigenvalue weighted by molar-refractivity contribution is 0.107. The van der Waals surface area contributed by atoms with Crippen LogP contribution in [0.15, 0.2) is 18.2 Å². The van der Waals surface area contributed by atoms with Crippen LogP contribution in [0, 0.1) is 0 Å². The maximum Gasteiger partial charge on any atom is 0.312 e. The van der Waals surface area contributed by atoms with Crippen molar-refractivity contribution in [2.24, 2.45) is 5.73 Å². The van der Waals surface area contributed by atoms with E-state index in [0.29, 0.717) is 35.4 Å². The Morgan fingerprint density at radius 2 is 2.15 bits per heavy atom. The fraction of sp³-hybridized carbons (Fsp3) is 0.417. The summed E-state index contributed by atoms with van der Waals surface area (Å²) in [5.41, 5.74) is 4.90. The zero-order chi connectivity index (χ0) is 15.0. The van der Waals surface area contributed by atoms with Crippen LogP contribution in [0.2, 0.25) is 10.0 Å². The Kier molecular flexibility index (Phi) is 7.46. The molecule has 6 nitrogen and oxygen atoms in total. The standard InChI is InChI=1S/C12H17Cl2N3O3/c13-8-1-2-10(14)11(5-8)20-7-9(18)6-16-3-4-17-12(15)19/h1-2,5,9,16,18H,3-4,6-7H2,(H3,15,17,19). The Hall–Kier alpha value is -1.21. The first-order valence-electron chi connectivity index (χ1n) is 5.99. The van der Waals surface area contributed by atoms with Crippen molar-refractivity contribution in [3.63, 3.8) is 0 Å². The summed E-state index contributed by atoms with van der Waals surface area (Å²) in [6, 6.07) is 4.28. The molecule has 0 bridgehead atoms. The second-order valence-corrected chi connectivity index (χ2v) is 4.88. The summed E-state index contributed by atoms with van der Waals surface area (Å²) in [5, 5.41) is 16.0. The minimum atomic E-state index is -0.710. The average Bonchev–Trinajstić information content (AvgIpc) is 2.39. The first-order valence-corrected chi connectivity index (χ1v) is 6.74. The Morgan fingerprint density at radius 1 is 1.40 bits per heavy atom. The topological polar surface area (TPSA) is 96.6 Å². The molecule has 1 rings (SSSR count). The molecule has 8 heteroatoms. The molecule has 0 radical (unpaired) electrons. The number of ether oxygens (including phenoxy) is 1. The molecule has 0 aromatic heterocycles. The van der Waals surface area contributed by atoms with E-state index in [2.05, 4.69) is 10.6 Å². The minimum absolute atomic E-state index is 0.0797. The van der Waals surface area contributed by atoms with E-state index >= 15 is 0 Å². The summed E-state index contributed by atoms with van der Waals surface area (Å²) in [5.74, 6) is 0.425. The Morgan fingerprint density at radius 3 is 2.85 bits per heavy atom. The van der Waals surface area contributed by atoms with E-state index in [9.17, 15) is 9.90 Å². The zero-order valence-electron chi connectivity index (χ0n) is 10.7. The van der Waals surface area contributed by atoms with Gasteiger partial charge in [-0.1, -0.05) is 23.2 Å². The summed E-state index contributed by atoms with van der Waals surface area (Å²) in [4.78, 5) is 10.4. The monoisotopic (exact) mass is 321 g/mol. The molecule has 20 heavy (non-hydrogen) atoms. The predicted octanol–water partition coefficient (Wildman–Crippen LogP) is 0.991. The van der Waals surface area contributed by atoms with Gasteiger partial charge < -0.3 is 26.2 Å². The number of aliphatic hydroxyl groups excluding tert-OH is 1. The van der Waals surface area contributed by atoms with Crippen LogP contribution in [-0.4, -0.2) is 43.5 Å². The second kappa shape index (κ2) is 8.86. The molecule has 1 atom stereocenters. The average molecular weight is 322 g/mol. The summed E-state index contributed by atoms with van der Waals surface area (Å²) in [6.07, 6.45) is -0.710. The number of carbonyl (C=O) groups excluding carboxylic acids is 1. The molecule has 2 amide bonds. The van der Waals surface area contributed by atoms with Crippen LogP contribution in [0.25, 0.3) is 0 Å². The van der Waals surface area contributed by atoms with Gasteiger partial charge >= 0.3 is 6.03 Å². The third-order valence-corrected chi connectivity index (χ3v) is 2.85. The van der Waals surface area contributed by atoms with Crippen LogP contribution in [0.4, 0.5) is 4.79 Å². The SMILES string of the molecule is NC(=O)NCCNCC(O)COc1cc(Cl)ccc1Cl. The van der Waals surface area contributed by atoms with E-state index in [-0.39, 0.29) is 6.61 Å². The number of primary amides is 1. The summed E-state index contributed by atoms with van der Waals surface area (Å²) in [6.45, 7) is 1.29. The van der Waals surface area contributed by atoms with Crippen molar-refractivity contribution < 1.29 is 14.6 Å².